The van der Waals surface area contributed by atoms with Crippen LogP contribution in [-0.2, 0) is 4.79 Å². The maximum atomic E-state index is 12.2. The second kappa shape index (κ2) is 6.80. The van der Waals surface area contributed by atoms with Crippen molar-refractivity contribution in [2.45, 2.75) is 19.8 Å². The molecule has 1 fully saturated rings. The van der Waals surface area contributed by atoms with E-state index in [0.29, 0.717) is 11.6 Å². The fourth-order valence-corrected chi connectivity index (χ4v) is 2.35. The third-order valence-electron chi connectivity index (χ3n) is 3.75. The second-order valence-corrected chi connectivity index (χ2v) is 5.36. The summed E-state index contributed by atoms with van der Waals surface area (Å²) in [5.41, 5.74) is 6.65. The highest BCUT2D eigenvalue weighted by Gasteiger charge is 2.22. The standard InChI is InChI=1S/C16H20N4O/c1-12-7-9-20(10-8-12)15(18)14(11-17)16(21)19-13-5-3-2-4-6-13/h2-6,12H,7-10,18H2,1H3,(H,19,21)/b15-14-. The van der Waals surface area contributed by atoms with Gasteiger partial charge < -0.3 is 16.0 Å². The average molecular weight is 284 g/mol. The molecule has 0 spiro atoms. The Morgan fingerprint density at radius 2 is 1.95 bits per heavy atom. The molecule has 1 aromatic carbocycles. The van der Waals surface area contributed by atoms with Crippen molar-refractivity contribution in [3.8, 4) is 6.07 Å². The van der Waals surface area contributed by atoms with E-state index in [9.17, 15) is 10.1 Å². The zero-order valence-corrected chi connectivity index (χ0v) is 12.2. The fourth-order valence-electron chi connectivity index (χ4n) is 2.35. The Labute approximate surface area is 125 Å². The van der Waals surface area contributed by atoms with Crippen LogP contribution < -0.4 is 11.1 Å². The molecular formula is C16H20N4O. The minimum absolute atomic E-state index is 0.0200. The molecule has 0 unspecified atom stereocenters. The number of hydrogen-bond donors (Lipinski definition) is 2. The SMILES string of the molecule is CC1CCN(/C(N)=C(/C#N)C(=O)Nc2ccccc2)CC1. The molecular weight excluding hydrogens is 264 g/mol. The monoisotopic (exact) mass is 284 g/mol. The van der Waals surface area contributed by atoms with Crippen molar-refractivity contribution in [1.82, 2.24) is 4.90 Å². The molecule has 0 radical (unpaired) electrons. The van der Waals surface area contributed by atoms with Gasteiger partial charge in [0.05, 0.1) is 0 Å². The van der Waals surface area contributed by atoms with Gasteiger partial charge in [0.25, 0.3) is 5.91 Å². The summed E-state index contributed by atoms with van der Waals surface area (Å²) in [6.45, 7) is 3.78. The number of nitrogens with two attached hydrogens (primary N) is 1. The van der Waals surface area contributed by atoms with Crippen LogP contribution in [0, 0.1) is 17.2 Å². The van der Waals surface area contributed by atoms with E-state index in [0.717, 1.165) is 25.9 Å². The highest BCUT2D eigenvalue weighted by Crippen LogP contribution is 2.19. The van der Waals surface area contributed by atoms with Crippen molar-refractivity contribution in [3.63, 3.8) is 0 Å². The Kier molecular flexibility index (Phi) is 4.83. The van der Waals surface area contributed by atoms with E-state index in [4.69, 9.17) is 5.73 Å². The van der Waals surface area contributed by atoms with Gasteiger partial charge in [-0.2, -0.15) is 5.26 Å². The molecule has 1 amide bonds. The van der Waals surface area contributed by atoms with Crippen LogP contribution in [0.25, 0.3) is 0 Å². The Bertz CT molecular complexity index is 566. The minimum Gasteiger partial charge on any atom is -0.384 e. The maximum absolute atomic E-state index is 12.2. The molecule has 0 aromatic heterocycles. The number of nitrogens with one attached hydrogen (secondary N) is 1. The molecule has 0 saturated carbocycles. The first-order chi connectivity index (χ1) is 10.1. The van der Waals surface area contributed by atoms with Gasteiger partial charge in [0.15, 0.2) is 5.57 Å². The average Bonchev–Trinajstić information content (AvgIpc) is 2.49. The minimum atomic E-state index is -0.458. The van der Waals surface area contributed by atoms with Gasteiger partial charge in [-0.25, -0.2) is 0 Å². The molecule has 0 bridgehead atoms. The van der Waals surface area contributed by atoms with Gasteiger partial charge in [0.1, 0.15) is 11.9 Å². The van der Waals surface area contributed by atoms with E-state index in [-0.39, 0.29) is 11.4 Å². The van der Waals surface area contributed by atoms with Crippen LogP contribution in [-0.4, -0.2) is 23.9 Å². The van der Waals surface area contributed by atoms with Crippen LogP contribution >= 0.6 is 0 Å². The zero-order valence-electron chi connectivity index (χ0n) is 12.2. The number of piperidine rings is 1. The van der Waals surface area contributed by atoms with Gasteiger partial charge in [-0.05, 0) is 30.9 Å². The normalized spacial score (nSPS) is 16.9. The first-order valence-electron chi connectivity index (χ1n) is 7.13. The number of benzene rings is 1. The Hall–Kier alpha value is -2.48. The van der Waals surface area contributed by atoms with Crippen molar-refractivity contribution in [2.75, 3.05) is 18.4 Å². The molecule has 110 valence electrons. The number of amides is 1. The van der Waals surface area contributed by atoms with Gasteiger partial charge in [-0.1, -0.05) is 25.1 Å². The molecule has 1 aliphatic heterocycles. The van der Waals surface area contributed by atoms with Crippen LogP contribution in [0.5, 0.6) is 0 Å². The van der Waals surface area contributed by atoms with Crippen LogP contribution in [0.15, 0.2) is 41.7 Å². The number of carbonyl (C=O) groups is 1. The van der Waals surface area contributed by atoms with Crippen molar-refractivity contribution >= 4 is 11.6 Å². The van der Waals surface area contributed by atoms with Gasteiger partial charge in [-0.15, -0.1) is 0 Å². The Morgan fingerprint density at radius 3 is 2.52 bits per heavy atom. The number of anilines is 1. The summed E-state index contributed by atoms with van der Waals surface area (Å²) >= 11 is 0. The van der Waals surface area contributed by atoms with Crippen LogP contribution in [0.2, 0.25) is 0 Å². The third kappa shape index (κ3) is 3.76. The molecule has 21 heavy (non-hydrogen) atoms. The summed E-state index contributed by atoms with van der Waals surface area (Å²) in [5.74, 6) is 0.482. The lowest BCUT2D eigenvalue weighted by atomic mass is 9.99. The number of para-hydroxylation sites is 1. The van der Waals surface area contributed by atoms with E-state index in [2.05, 4.69) is 12.2 Å². The summed E-state index contributed by atoms with van der Waals surface area (Å²) in [6.07, 6.45) is 2.05. The number of carbonyl (C=O) groups excluding carboxylic acids is 1. The summed E-state index contributed by atoms with van der Waals surface area (Å²) in [6, 6.07) is 11.0. The van der Waals surface area contributed by atoms with E-state index in [1.807, 2.05) is 29.2 Å². The largest absolute Gasteiger partial charge is 0.384 e. The topological polar surface area (TPSA) is 82.2 Å². The first-order valence-corrected chi connectivity index (χ1v) is 7.13. The number of rotatable bonds is 3. The quantitative estimate of drug-likeness (QED) is 0.657. The van der Waals surface area contributed by atoms with Gasteiger partial charge >= 0.3 is 0 Å². The van der Waals surface area contributed by atoms with Gasteiger partial charge in [0.2, 0.25) is 0 Å². The lowest BCUT2D eigenvalue weighted by Gasteiger charge is -2.32. The number of nitriles is 1. The maximum Gasteiger partial charge on any atom is 0.270 e. The highest BCUT2D eigenvalue weighted by atomic mass is 16.1. The first kappa shape index (κ1) is 14.9. The smallest absolute Gasteiger partial charge is 0.270 e. The second-order valence-electron chi connectivity index (χ2n) is 5.36. The van der Waals surface area contributed by atoms with Crippen LogP contribution in [0.3, 0.4) is 0 Å². The molecule has 5 heteroatoms. The molecule has 5 nitrogen and oxygen atoms in total. The summed E-state index contributed by atoms with van der Waals surface area (Å²) in [5, 5.41) is 11.9. The number of hydrogen-bond acceptors (Lipinski definition) is 4. The van der Waals surface area contributed by atoms with E-state index >= 15 is 0 Å². The Balaban J connectivity index is 2.12. The summed E-state index contributed by atoms with van der Waals surface area (Å²) in [4.78, 5) is 14.1. The van der Waals surface area contributed by atoms with Crippen molar-refractivity contribution in [1.29, 1.82) is 5.26 Å². The molecule has 2 rings (SSSR count). The molecule has 0 atom stereocenters. The third-order valence-corrected chi connectivity index (χ3v) is 3.75. The lowest BCUT2D eigenvalue weighted by Crippen LogP contribution is -2.37. The lowest BCUT2D eigenvalue weighted by molar-refractivity contribution is -0.112. The van der Waals surface area contributed by atoms with E-state index < -0.39 is 5.91 Å². The predicted octanol–water partition coefficient (Wildman–Crippen LogP) is 2.05. The fraction of sp³-hybridized carbons (Fsp3) is 0.375. The molecule has 3 N–H and O–H groups in total. The Morgan fingerprint density at radius 1 is 1.33 bits per heavy atom. The predicted molar refractivity (Wildman–Crippen MR) is 81.9 cm³/mol. The van der Waals surface area contributed by atoms with Gasteiger partial charge in [0, 0.05) is 18.8 Å². The summed E-state index contributed by atoms with van der Waals surface area (Å²) < 4.78 is 0. The van der Waals surface area contributed by atoms with Crippen molar-refractivity contribution in [2.24, 2.45) is 11.7 Å². The molecule has 1 aromatic rings. The van der Waals surface area contributed by atoms with Gasteiger partial charge in [-0.3, -0.25) is 4.79 Å². The van der Waals surface area contributed by atoms with E-state index in [1.54, 1.807) is 12.1 Å². The molecule has 1 saturated heterocycles. The molecule has 1 aliphatic rings. The summed E-state index contributed by atoms with van der Waals surface area (Å²) in [7, 11) is 0. The molecule has 1 heterocycles. The van der Waals surface area contributed by atoms with E-state index in [1.165, 1.54) is 0 Å². The molecule has 0 aliphatic carbocycles. The number of nitrogens with zero attached hydrogens (tertiary/aromatic N) is 2. The number of likely N-dealkylation sites (tertiary alicyclic amines) is 1. The van der Waals surface area contributed by atoms with Crippen LogP contribution in [0.1, 0.15) is 19.8 Å². The highest BCUT2D eigenvalue weighted by molar-refractivity contribution is 6.06. The van der Waals surface area contributed by atoms with Crippen LogP contribution in [0.4, 0.5) is 5.69 Å². The zero-order chi connectivity index (χ0) is 15.2. The van der Waals surface area contributed by atoms with Crippen molar-refractivity contribution in [3.05, 3.63) is 41.7 Å². The van der Waals surface area contributed by atoms with Crippen molar-refractivity contribution < 1.29 is 4.79 Å².